The third-order valence-corrected chi connectivity index (χ3v) is 3.50. The average Bonchev–Trinajstić information content (AvgIpc) is 3.08. The number of aromatic nitrogens is 6. The lowest BCUT2D eigenvalue weighted by Gasteiger charge is -2.07. The predicted octanol–water partition coefficient (Wildman–Crippen LogP) is 0.295. The third kappa shape index (κ3) is 1.40. The summed E-state index contributed by atoms with van der Waals surface area (Å²) >= 11 is 0. The quantitative estimate of drug-likeness (QED) is 0.676. The number of rotatable bonds is 2. The lowest BCUT2D eigenvalue weighted by molar-refractivity contribution is 0.581. The Balaban J connectivity index is 1.81. The van der Waals surface area contributed by atoms with Crippen LogP contribution in [0.5, 0.6) is 0 Å². The SMILES string of the molecule is c1nc2ncn3c(CC4CCCN4)nnc3c2[nH]1. The Kier molecular flexibility index (Phi) is 2.07. The first-order chi connectivity index (χ1) is 8.92. The molecule has 3 aromatic heterocycles. The number of aromatic amines is 1. The van der Waals surface area contributed by atoms with Gasteiger partial charge >= 0.3 is 0 Å². The van der Waals surface area contributed by atoms with E-state index in [1.807, 2.05) is 4.40 Å². The lowest BCUT2D eigenvalue weighted by Crippen LogP contribution is -2.24. The summed E-state index contributed by atoms with van der Waals surface area (Å²) in [4.78, 5) is 11.5. The van der Waals surface area contributed by atoms with Crippen molar-refractivity contribution in [2.45, 2.75) is 25.3 Å². The minimum atomic E-state index is 0.509. The lowest BCUT2D eigenvalue weighted by atomic mass is 10.1. The summed E-state index contributed by atoms with van der Waals surface area (Å²) in [6.45, 7) is 1.10. The molecule has 1 aliphatic rings. The molecule has 2 N–H and O–H groups in total. The molecule has 3 aromatic rings. The summed E-state index contributed by atoms with van der Waals surface area (Å²) < 4.78 is 1.94. The minimum Gasteiger partial charge on any atom is -0.340 e. The largest absolute Gasteiger partial charge is 0.340 e. The van der Waals surface area contributed by atoms with Gasteiger partial charge < -0.3 is 10.3 Å². The fourth-order valence-electron chi connectivity index (χ4n) is 2.57. The van der Waals surface area contributed by atoms with Gasteiger partial charge in [0.05, 0.1) is 6.33 Å². The van der Waals surface area contributed by atoms with Gasteiger partial charge in [0.2, 0.25) is 0 Å². The zero-order chi connectivity index (χ0) is 11.9. The summed E-state index contributed by atoms with van der Waals surface area (Å²) in [6.07, 6.45) is 6.72. The van der Waals surface area contributed by atoms with E-state index in [1.54, 1.807) is 12.7 Å². The molecule has 0 aliphatic carbocycles. The van der Waals surface area contributed by atoms with Gasteiger partial charge in [-0.3, -0.25) is 4.40 Å². The van der Waals surface area contributed by atoms with Crippen molar-refractivity contribution in [2.24, 2.45) is 0 Å². The van der Waals surface area contributed by atoms with Crippen LogP contribution in [0.1, 0.15) is 18.7 Å². The molecule has 4 rings (SSSR count). The van der Waals surface area contributed by atoms with E-state index in [4.69, 9.17) is 0 Å². The molecule has 0 saturated carbocycles. The summed E-state index contributed by atoms with van der Waals surface area (Å²) in [6, 6.07) is 0.509. The van der Waals surface area contributed by atoms with Crippen molar-refractivity contribution < 1.29 is 0 Å². The molecular formula is C11H13N7. The van der Waals surface area contributed by atoms with Crippen LogP contribution in [0.3, 0.4) is 0 Å². The highest BCUT2D eigenvalue weighted by molar-refractivity contribution is 5.84. The topological polar surface area (TPSA) is 83.8 Å². The van der Waals surface area contributed by atoms with Crippen molar-refractivity contribution in [3.05, 3.63) is 18.5 Å². The second-order valence-electron chi connectivity index (χ2n) is 4.65. The van der Waals surface area contributed by atoms with E-state index in [-0.39, 0.29) is 0 Å². The van der Waals surface area contributed by atoms with Crippen LogP contribution >= 0.6 is 0 Å². The number of imidazole rings is 1. The van der Waals surface area contributed by atoms with Crippen LogP contribution in [0.4, 0.5) is 0 Å². The van der Waals surface area contributed by atoms with Gasteiger partial charge in [0, 0.05) is 12.5 Å². The Morgan fingerprint density at radius 3 is 3.22 bits per heavy atom. The molecule has 0 aromatic carbocycles. The summed E-state index contributed by atoms with van der Waals surface area (Å²) in [7, 11) is 0. The Labute approximate surface area is 103 Å². The maximum Gasteiger partial charge on any atom is 0.189 e. The van der Waals surface area contributed by atoms with Crippen molar-refractivity contribution in [3.8, 4) is 0 Å². The van der Waals surface area contributed by atoms with Crippen molar-refractivity contribution in [1.82, 2.24) is 34.9 Å². The Morgan fingerprint density at radius 1 is 1.33 bits per heavy atom. The van der Waals surface area contributed by atoms with E-state index in [0.29, 0.717) is 11.7 Å². The molecule has 0 radical (unpaired) electrons. The first-order valence-electron chi connectivity index (χ1n) is 6.17. The molecule has 1 unspecified atom stereocenters. The van der Waals surface area contributed by atoms with Gasteiger partial charge in [-0.25, -0.2) is 9.97 Å². The van der Waals surface area contributed by atoms with Gasteiger partial charge in [-0.05, 0) is 19.4 Å². The van der Waals surface area contributed by atoms with Gasteiger partial charge in [-0.2, -0.15) is 0 Å². The number of nitrogens with zero attached hydrogens (tertiary/aromatic N) is 5. The molecule has 0 bridgehead atoms. The van der Waals surface area contributed by atoms with Crippen LogP contribution in [0.25, 0.3) is 16.8 Å². The normalized spacial score (nSPS) is 20.1. The number of hydrogen-bond donors (Lipinski definition) is 2. The molecule has 4 heterocycles. The Hall–Kier alpha value is -2.02. The van der Waals surface area contributed by atoms with Crippen molar-refractivity contribution in [3.63, 3.8) is 0 Å². The zero-order valence-corrected chi connectivity index (χ0v) is 9.80. The molecule has 1 saturated heterocycles. The highest BCUT2D eigenvalue weighted by Crippen LogP contribution is 2.15. The highest BCUT2D eigenvalue weighted by atomic mass is 15.3. The molecule has 7 heteroatoms. The fraction of sp³-hybridized carbons (Fsp3) is 0.455. The highest BCUT2D eigenvalue weighted by Gasteiger charge is 2.18. The van der Waals surface area contributed by atoms with E-state index < -0.39 is 0 Å². The summed E-state index contributed by atoms with van der Waals surface area (Å²) in [5.41, 5.74) is 2.32. The maximum absolute atomic E-state index is 4.30. The molecule has 92 valence electrons. The third-order valence-electron chi connectivity index (χ3n) is 3.50. The van der Waals surface area contributed by atoms with Crippen LogP contribution in [-0.2, 0) is 6.42 Å². The number of fused-ring (bicyclic) bond motifs is 3. The van der Waals surface area contributed by atoms with Crippen molar-refractivity contribution >= 4 is 16.8 Å². The zero-order valence-electron chi connectivity index (χ0n) is 9.80. The Bertz CT molecular complexity index is 692. The number of hydrogen-bond acceptors (Lipinski definition) is 5. The number of H-pyrrole nitrogens is 1. The van der Waals surface area contributed by atoms with E-state index in [9.17, 15) is 0 Å². The van der Waals surface area contributed by atoms with Crippen LogP contribution < -0.4 is 5.32 Å². The van der Waals surface area contributed by atoms with Gasteiger partial charge in [-0.15, -0.1) is 10.2 Å². The average molecular weight is 243 g/mol. The summed E-state index contributed by atoms with van der Waals surface area (Å²) in [5, 5.41) is 12.0. The summed E-state index contributed by atoms with van der Waals surface area (Å²) in [5.74, 6) is 0.952. The van der Waals surface area contributed by atoms with E-state index in [2.05, 4.69) is 30.5 Å². The first-order valence-corrected chi connectivity index (χ1v) is 6.17. The van der Waals surface area contributed by atoms with Gasteiger partial charge in [0.15, 0.2) is 11.3 Å². The van der Waals surface area contributed by atoms with E-state index in [0.717, 1.165) is 30.0 Å². The molecule has 7 nitrogen and oxygen atoms in total. The van der Waals surface area contributed by atoms with Crippen molar-refractivity contribution in [2.75, 3.05) is 6.54 Å². The molecular weight excluding hydrogens is 230 g/mol. The van der Waals surface area contributed by atoms with Gasteiger partial charge in [-0.1, -0.05) is 0 Å². The minimum absolute atomic E-state index is 0.509. The van der Waals surface area contributed by atoms with Crippen LogP contribution in [-0.4, -0.2) is 42.1 Å². The standard InChI is InChI=1S/C11H13N7/c1-2-7(12-3-1)4-8-16-17-11-9-10(14-5-13-9)15-6-18(8)11/h5-7,12H,1-4H2,(H,13,14). The Morgan fingerprint density at radius 2 is 2.33 bits per heavy atom. The molecule has 1 fully saturated rings. The van der Waals surface area contributed by atoms with Crippen LogP contribution in [0.15, 0.2) is 12.7 Å². The van der Waals surface area contributed by atoms with Gasteiger partial charge in [0.25, 0.3) is 0 Å². The smallest absolute Gasteiger partial charge is 0.189 e. The monoisotopic (exact) mass is 243 g/mol. The molecule has 1 atom stereocenters. The fourth-order valence-corrected chi connectivity index (χ4v) is 2.57. The predicted molar refractivity (Wildman–Crippen MR) is 65.2 cm³/mol. The molecule has 1 aliphatic heterocycles. The van der Waals surface area contributed by atoms with Crippen molar-refractivity contribution in [1.29, 1.82) is 0 Å². The molecule has 0 amide bonds. The van der Waals surface area contributed by atoms with Crippen LogP contribution in [0, 0.1) is 0 Å². The first kappa shape index (κ1) is 9.95. The molecule has 18 heavy (non-hydrogen) atoms. The number of nitrogens with one attached hydrogen (secondary N) is 2. The second kappa shape index (κ2) is 3.74. The van der Waals surface area contributed by atoms with E-state index >= 15 is 0 Å². The maximum atomic E-state index is 4.30. The van der Waals surface area contributed by atoms with E-state index in [1.165, 1.54) is 12.8 Å². The molecule has 0 spiro atoms. The van der Waals surface area contributed by atoms with Crippen LogP contribution in [0.2, 0.25) is 0 Å². The van der Waals surface area contributed by atoms with Gasteiger partial charge in [0.1, 0.15) is 17.7 Å². The second-order valence-corrected chi connectivity index (χ2v) is 4.65.